The van der Waals surface area contributed by atoms with E-state index in [9.17, 15) is 49.8 Å². The Morgan fingerprint density at radius 1 is 0.800 bits per heavy atom. The predicted molar refractivity (Wildman–Crippen MR) is 150 cm³/mol. The lowest BCUT2D eigenvalue weighted by Gasteiger charge is -2.39. The number of primary amides is 1. The maximum Gasteiger partial charge on any atom is 0.228 e. The number of nitrogens with two attached hydrogens (primary N) is 1. The van der Waals surface area contributed by atoms with Gasteiger partial charge in [-0.15, -0.1) is 0 Å². The Balaban J connectivity index is 1.69. The van der Waals surface area contributed by atoms with E-state index in [-0.39, 0.29) is 51.7 Å². The van der Waals surface area contributed by atoms with Crippen LogP contribution in [0.25, 0.3) is 0 Å². The summed E-state index contributed by atoms with van der Waals surface area (Å²) >= 11 is 0. The van der Waals surface area contributed by atoms with Crippen LogP contribution < -0.4 is 5.73 Å². The molecule has 12 atom stereocenters. The zero-order chi connectivity index (χ0) is 33.4. The van der Waals surface area contributed by atoms with Crippen LogP contribution in [-0.4, -0.2) is 165 Å². The van der Waals surface area contributed by atoms with E-state index >= 15 is 0 Å². The minimum atomic E-state index is -1.57. The van der Waals surface area contributed by atoms with Crippen LogP contribution in [0.1, 0.15) is 39.5 Å². The molecule has 0 unspecified atom stereocenters. The van der Waals surface area contributed by atoms with Crippen molar-refractivity contribution >= 4 is 24.0 Å². The molecule has 3 heterocycles. The van der Waals surface area contributed by atoms with Crippen LogP contribution in [-0.2, 0) is 38.1 Å². The molecule has 3 amide bonds. The van der Waals surface area contributed by atoms with Crippen LogP contribution in [0, 0.1) is 11.8 Å². The first-order valence-electron chi connectivity index (χ1n) is 15.2. The van der Waals surface area contributed by atoms with Crippen LogP contribution in [0.2, 0.25) is 0 Å². The Hall–Kier alpha value is -2.32. The maximum absolute atomic E-state index is 13.8. The van der Waals surface area contributed by atoms with Gasteiger partial charge in [-0.05, 0) is 26.7 Å². The van der Waals surface area contributed by atoms with Gasteiger partial charge < -0.3 is 69.9 Å². The van der Waals surface area contributed by atoms with Crippen molar-refractivity contribution in [3.63, 3.8) is 0 Å². The average Bonchev–Trinajstić information content (AvgIpc) is 3.47. The SMILES string of the molecule is C[C@@H]1O[C@@H](OCCN(CCO[C@@H]2O[C@@H](C)[C@@H](O)[C@@H](O)[C@@H]2O)C(=O)[C@H]2CN(C(=O)CCCCC=O)C[C@H]2C(N)=O)[C@@H](O)[C@H](O)[C@@H]1O. The summed E-state index contributed by atoms with van der Waals surface area (Å²) in [7, 11) is 0. The van der Waals surface area contributed by atoms with Crippen LogP contribution >= 0.6 is 0 Å². The number of amides is 3. The fourth-order valence-electron chi connectivity index (χ4n) is 5.64. The number of nitrogens with zero attached hydrogens (tertiary/aromatic N) is 2. The molecule has 3 rings (SSSR count). The highest BCUT2D eigenvalue weighted by atomic mass is 16.7. The summed E-state index contributed by atoms with van der Waals surface area (Å²) in [5, 5.41) is 60.5. The number of aliphatic hydroxyl groups excluding tert-OH is 6. The molecule has 0 bridgehead atoms. The van der Waals surface area contributed by atoms with Crippen molar-refractivity contribution in [3.05, 3.63) is 0 Å². The molecule has 258 valence electrons. The third-order valence-electron chi connectivity index (χ3n) is 8.53. The number of aliphatic hydroxyl groups is 6. The molecule has 0 spiro atoms. The van der Waals surface area contributed by atoms with Gasteiger partial charge in [-0.1, -0.05) is 0 Å². The second-order valence-electron chi connectivity index (χ2n) is 11.8. The van der Waals surface area contributed by atoms with Gasteiger partial charge in [-0.2, -0.15) is 0 Å². The van der Waals surface area contributed by atoms with Crippen LogP contribution in [0.5, 0.6) is 0 Å². The first kappa shape index (κ1) is 37.1. The van der Waals surface area contributed by atoms with Crippen molar-refractivity contribution in [1.29, 1.82) is 0 Å². The standard InChI is InChI=1S/C28H47N3O14/c1-14-19(34)21(36)23(38)27(44-14)42-10-7-30(8-11-43-28-24(39)22(37)20(35)15(2)45-28)26(41)17-13-31(12-16(17)25(29)40)18(33)6-4-3-5-9-32/h9,14-17,19-24,27-28,34-39H,3-8,10-13H2,1-2H3,(H2,29,40)/t14-,15-,16+,17-,19+,20+,21+,22+,23-,24-,27+,28+/m0/s1. The van der Waals surface area contributed by atoms with E-state index in [1.807, 2.05) is 0 Å². The number of rotatable bonds is 15. The van der Waals surface area contributed by atoms with E-state index in [0.717, 1.165) is 6.29 Å². The zero-order valence-electron chi connectivity index (χ0n) is 25.5. The smallest absolute Gasteiger partial charge is 0.228 e. The largest absolute Gasteiger partial charge is 0.388 e. The molecule has 0 aromatic heterocycles. The highest BCUT2D eigenvalue weighted by Gasteiger charge is 2.46. The molecule has 8 N–H and O–H groups in total. The molecule has 3 saturated heterocycles. The van der Waals surface area contributed by atoms with Crippen molar-refractivity contribution in [2.45, 2.75) is 101 Å². The predicted octanol–water partition coefficient (Wildman–Crippen LogP) is -4.18. The molecule has 45 heavy (non-hydrogen) atoms. The monoisotopic (exact) mass is 649 g/mol. The van der Waals surface area contributed by atoms with Crippen LogP contribution in [0.15, 0.2) is 0 Å². The Morgan fingerprint density at radius 2 is 1.29 bits per heavy atom. The molecule has 3 aliphatic heterocycles. The second-order valence-corrected chi connectivity index (χ2v) is 11.8. The Bertz CT molecular complexity index is 966. The summed E-state index contributed by atoms with van der Waals surface area (Å²) in [5.74, 6) is -3.58. The number of likely N-dealkylation sites (tertiary alicyclic amines) is 1. The Morgan fingerprint density at radius 3 is 1.76 bits per heavy atom. The Labute approximate surface area is 260 Å². The summed E-state index contributed by atoms with van der Waals surface area (Å²) in [6.07, 6.45) is -11.0. The number of unbranched alkanes of at least 4 members (excludes halogenated alkanes) is 2. The molecule has 0 aromatic carbocycles. The highest BCUT2D eigenvalue weighted by Crippen LogP contribution is 2.27. The molecule has 3 aliphatic rings. The maximum atomic E-state index is 13.8. The molecule has 3 fully saturated rings. The van der Waals surface area contributed by atoms with E-state index in [1.54, 1.807) is 0 Å². The van der Waals surface area contributed by atoms with Crippen molar-refractivity contribution in [2.75, 3.05) is 39.4 Å². The third-order valence-corrected chi connectivity index (χ3v) is 8.53. The molecule has 0 saturated carbocycles. The zero-order valence-corrected chi connectivity index (χ0v) is 25.5. The molecular weight excluding hydrogens is 602 g/mol. The number of carbonyl (C=O) groups excluding carboxylic acids is 4. The summed E-state index contributed by atoms with van der Waals surface area (Å²) < 4.78 is 22.1. The van der Waals surface area contributed by atoms with Crippen molar-refractivity contribution < 1.29 is 68.8 Å². The summed E-state index contributed by atoms with van der Waals surface area (Å²) in [4.78, 5) is 52.2. The van der Waals surface area contributed by atoms with Crippen molar-refractivity contribution in [1.82, 2.24) is 9.80 Å². The lowest BCUT2D eigenvalue weighted by Crippen LogP contribution is -2.58. The van der Waals surface area contributed by atoms with E-state index in [1.165, 1.54) is 23.6 Å². The van der Waals surface area contributed by atoms with E-state index in [4.69, 9.17) is 24.7 Å². The van der Waals surface area contributed by atoms with E-state index in [0.29, 0.717) is 19.3 Å². The molecular formula is C28H47N3O14. The van der Waals surface area contributed by atoms with E-state index in [2.05, 4.69) is 0 Å². The quantitative estimate of drug-likeness (QED) is 0.0656. The topological polar surface area (TPSA) is 259 Å². The summed E-state index contributed by atoms with van der Waals surface area (Å²) in [5.41, 5.74) is 5.62. The van der Waals surface area contributed by atoms with Gasteiger partial charge in [0.05, 0.1) is 37.3 Å². The number of hydrogen-bond donors (Lipinski definition) is 7. The lowest BCUT2D eigenvalue weighted by atomic mass is 9.94. The van der Waals surface area contributed by atoms with Gasteiger partial charge >= 0.3 is 0 Å². The van der Waals surface area contributed by atoms with Gasteiger partial charge in [0, 0.05) is 39.0 Å². The molecule has 17 nitrogen and oxygen atoms in total. The average molecular weight is 650 g/mol. The molecule has 0 aliphatic carbocycles. The first-order chi connectivity index (χ1) is 21.3. The lowest BCUT2D eigenvalue weighted by molar-refractivity contribution is -0.295. The summed E-state index contributed by atoms with van der Waals surface area (Å²) in [6.45, 7) is 2.14. The first-order valence-corrected chi connectivity index (χ1v) is 15.2. The molecule has 0 radical (unpaired) electrons. The van der Waals surface area contributed by atoms with Gasteiger partial charge in [-0.3, -0.25) is 14.4 Å². The Kier molecular flexibility index (Phi) is 14.0. The summed E-state index contributed by atoms with van der Waals surface area (Å²) in [6, 6.07) is 0. The normalized spacial score (nSPS) is 36.9. The number of ether oxygens (including phenoxy) is 4. The number of carbonyl (C=O) groups is 4. The van der Waals surface area contributed by atoms with Gasteiger partial charge in [-0.25, -0.2) is 0 Å². The van der Waals surface area contributed by atoms with Crippen molar-refractivity contribution in [3.8, 4) is 0 Å². The minimum Gasteiger partial charge on any atom is -0.388 e. The van der Waals surface area contributed by atoms with Crippen LogP contribution in [0.3, 0.4) is 0 Å². The second kappa shape index (κ2) is 17.0. The van der Waals surface area contributed by atoms with Crippen molar-refractivity contribution in [2.24, 2.45) is 17.6 Å². The van der Waals surface area contributed by atoms with Gasteiger partial charge in [0.15, 0.2) is 12.6 Å². The molecule has 17 heteroatoms. The minimum absolute atomic E-state index is 0.0560. The molecule has 0 aromatic rings. The fourth-order valence-corrected chi connectivity index (χ4v) is 5.64. The fraction of sp³-hybridized carbons (Fsp3) is 0.857. The third kappa shape index (κ3) is 9.37. The van der Waals surface area contributed by atoms with Gasteiger partial charge in [0.25, 0.3) is 0 Å². The number of hydrogen-bond acceptors (Lipinski definition) is 14. The van der Waals surface area contributed by atoms with Gasteiger partial charge in [0.1, 0.15) is 42.9 Å². The van der Waals surface area contributed by atoms with E-state index < -0.39 is 85.1 Å². The van der Waals surface area contributed by atoms with Crippen LogP contribution in [0.4, 0.5) is 0 Å². The number of aldehydes is 1. The highest BCUT2D eigenvalue weighted by molar-refractivity contribution is 5.89. The van der Waals surface area contributed by atoms with Gasteiger partial charge in [0.2, 0.25) is 17.7 Å².